The molecule has 0 bridgehead atoms. The minimum absolute atomic E-state index is 0.277. The van der Waals surface area contributed by atoms with E-state index >= 15 is 0 Å². The summed E-state index contributed by atoms with van der Waals surface area (Å²) in [6.07, 6.45) is 4.90. The molecule has 0 aromatic carbocycles. The summed E-state index contributed by atoms with van der Waals surface area (Å²) in [6, 6.07) is 0.825. The molecule has 1 aromatic rings. The Balaban J connectivity index is 1.87. The van der Waals surface area contributed by atoms with Crippen molar-refractivity contribution in [2.75, 3.05) is 26.7 Å². The molecule has 0 radical (unpaired) electrons. The standard InChI is InChI=1S/C21H29N5O5/c1-4-10-22-21(30)23-14-9-13-26(18(27)15-7-5-11-24(15)2)17(14)19(28)25-12-6-8-16(25)20(29)31-3/h4-5,7,11,14,16-17H,1,6,8-10,12-13H2,2-3H3,(H2,22,23,30). The lowest BCUT2D eigenvalue weighted by Gasteiger charge is -2.33. The van der Waals surface area contributed by atoms with Crippen LogP contribution < -0.4 is 10.6 Å². The number of urea groups is 1. The van der Waals surface area contributed by atoms with Crippen LogP contribution in [0.25, 0.3) is 0 Å². The van der Waals surface area contributed by atoms with Gasteiger partial charge in [-0.25, -0.2) is 9.59 Å². The van der Waals surface area contributed by atoms with Crippen LogP contribution in [-0.2, 0) is 21.4 Å². The third-order valence-electron chi connectivity index (χ3n) is 5.81. The van der Waals surface area contributed by atoms with Crippen LogP contribution >= 0.6 is 0 Å². The van der Waals surface area contributed by atoms with Crippen LogP contribution in [0.5, 0.6) is 0 Å². The quantitative estimate of drug-likeness (QED) is 0.496. The molecular formula is C21H29N5O5. The SMILES string of the molecule is C=CCNC(=O)NC1CCN(C(=O)c2cccn2C)C1C(=O)N1CCCC1C(=O)OC. The first kappa shape index (κ1) is 22.4. The van der Waals surface area contributed by atoms with Crippen molar-refractivity contribution in [2.45, 2.75) is 37.4 Å². The maximum absolute atomic E-state index is 13.6. The maximum atomic E-state index is 13.6. The lowest BCUT2D eigenvalue weighted by Crippen LogP contribution is -2.58. The van der Waals surface area contributed by atoms with Crippen LogP contribution in [0.1, 0.15) is 29.8 Å². The van der Waals surface area contributed by atoms with Crippen molar-refractivity contribution < 1.29 is 23.9 Å². The molecule has 10 nitrogen and oxygen atoms in total. The van der Waals surface area contributed by atoms with E-state index in [1.807, 2.05) is 0 Å². The number of hydrogen-bond acceptors (Lipinski definition) is 5. The second kappa shape index (κ2) is 9.67. The van der Waals surface area contributed by atoms with Crippen LogP contribution in [0, 0.1) is 0 Å². The molecule has 2 N–H and O–H groups in total. The first-order chi connectivity index (χ1) is 14.9. The summed E-state index contributed by atoms with van der Waals surface area (Å²) < 4.78 is 6.54. The molecule has 4 amide bonds. The Hall–Kier alpha value is -3.30. The number of ether oxygens (including phenoxy) is 1. The van der Waals surface area contributed by atoms with Gasteiger partial charge in [0.15, 0.2) is 0 Å². The smallest absolute Gasteiger partial charge is 0.328 e. The number of hydrogen-bond donors (Lipinski definition) is 2. The molecule has 0 aliphatic carbocycles. The predicted octanol–water partition coefficient (Wildman–Crippen LogP) is 0.257. The number of nitrogens with one attached hydrogen (secondary N) is 2. The highest BCUT2D eigenvalue weighted by atomic mass is 16.5. The van der Waals surface area contributed by atoms with Crippen molar-refractivity contribution in [1.82, 2.24) is 25.0 Å². The lowest BCUT2D eigenvalue weighted by atomic mass is 10.1. The monoisotopic (exact) mass is 431 g/mol. The molecule has 2 aliphatic heterocycles. The fourth-order valence-corrected chi connectivity index (χ4v) is 4.27. The molecule has 3 unspecified atom stereocenters. The summed E-state index contributed by atoms with van der Waals surface area (Å²) in [4.78, 5) is 54.2. The van der Waals surface area contributed by atoms with Crippen molar-refractivity contribution in [3.8, 4) is 0 Å². The molecule has 1 aromatic heterocycles. The van der Waals surface area contributed by atoms with Gasteiger partial charge in [-0.3, -0.25) is 9.59 Å². The van der Waals surface area contributed by atoms with Crippen molar-refractivity contribution in [1.29, 1.82) is 0 Å². The van der Waals surface area contributed by atoms with Crippen molar-refractivity contribution >= 4 is 23.8 Å². The summed E-state index contributed by atoms with van der Waals surface area (Å²) in [7, 11) is 3.05. The number of aromatic nitrogens is 1. The molecule has 10 heteroatoms. The summed E-state index contributed by atoms with van der Waals surface area (Å²) >= 11 is 0. The number of nitrogens with zero attached hydrogens (tertiary/aromatic N) is 3. The van der Waals surface area contributed by atoms with E-state index in [1.54, 1.807) is 36.0 Å². The third kappa shape index (κ3) is 4.57. The van der Waals surface area contributed by atoms with Gasteiger partial charge >= 0.3 is 12.0 Å². The molecule has 2 saturated heterocycles. The molecule has 0 spiro atoms. The molecule has 31 heavy (non-hydrogen) atoms. The number of amides is 4. The minimum atomic E-state index is -0.915. The highest BCUT2D eigenvalue weighted by molar-refractivity contribution is 5.98. The van der Waals surface area contributed by atoms with Gasteiger partial charge in [0, 0.05) is 32.9 Å². The zero-order chi connectivity index (χ0) is 22.5. The van der Waals surface area contributed by atoms with E-state index in [4.69, 9.17) is 4.74 Å². The van der Waals surface area contributed by atoms with Crippen molar-refractivity contribution in [3.63, 3.8) is 0 Å². The Morgan fingerprint density at radius 2 is 2.00 bits per heavy atom. The van der Waals surface area contributed by atoms with Gasteiger partial charge in [-0.05, 0) is 31.4 Å². The number of aryl methyl sites for hydroxylation is 1. The second-order valence-corrected chi connectivity index (χ2v) is 7.70. The first-order valence-corrected chi connectivity index (χ1v) is 10.3. The minimum Gasteiger partial charge on any atom is -0.467 e. The number of carbonyl (C=O) groups excluding carboxylic acids is 4. The Morgan fingerprint density at radius 1 is 1.23 bits per heavy atom. The van der Waals surface area contributed by atoms with Crippen molar-refractivity contribution in [3.05, 3.63) is 36.7 Å². The van der Waals surface area contributed by atoms with Crippen LogP contribution in [0.3, 0.4) is 0 Å². The average molecular weight is 431 g/mol. The van der Waals surface area contributed by atoms with Crippen LogP contribution in [0.2, 0.25) is 0 Å². The number of rotatable bonds is 6. The van der Waals surface area contributed by atoms with E-state index in [2.05, 4.69) is 17.2 Å². The number of carbonyl (C=O) groups is 4. The highest BCUT2D eigenvalue weighted by Gasteiger charge is 2.48. The Kier molecular flexibility index (Phi) is 6.98. The Morgan fingerprint density at radius 3 is 2.65 bits per heavy atom. The molecule has 3 heterocycles. The summed E-state index contributed by atoms with van der Waals surface area (Å²) in [5, 5.41) is 5.44. The van der Waals surface area contributed by atoms with Gasteiger partial charge in [-0.2, -0.15) is 0 Å². The summed E-state index contributed by atoms with van der Waals surface area (Å²) in [5.41, 5.74) is 0.445. The number of esters is 1. The van der Waals surface area contributed by atoms with Crippen LogP contribution in [0.15, 0.2) is 31.0 Å². The number of methoxy groups -OCH3 is 1. The fourth-order valence-electron chi connectivity index (χ4n) is 4.27. The lowest BCUT2D eigenvalue weighted by molar-refractivity contribution is -0.152. The molecule has 3 rings (SSSR count). The second-order valence-electron chi connectivity index (χ2n) is 7.70. The largest absolute Gasteiger partial charge is 0.467 e. The van der Waals surface area contributed by atoms with Gasteiger partial charge in [0.05, 0.1) is 13.2 Å². The van der Waals surface area contributed by atoms with Gasteiger partial charge in [0.2, 0.25) is 5.91 Å². The molecule has 0 saturated carbocycles. The van der Waals surface area contributed by atoms with E-state index in [0.717, 1.165) is 0 Å². The predicted molar refractivity (Wildman–Crippen MR) is 112 cm³/mol. The van der Waals surface area contributed by atoms with Gasteiger partial charge in [-0.15, -0.1) is 6.58 Å². The Bertz CT molecular complexity index is 866. The topological polar surface area (TPSA) is 113 Å². The molecule has 168 valence electrons. The van der Waals surface area contributed by atoms with Crippen LogP contribution in [-0.4, -0.2) is 83.1 Å². The van der Waals surface area contributed by atoms with Crippen molar-refractivity contribution in [2.24, 2.45) is 7.05 Å². The molecule has 2 aliphatic rings. The van der Waals surface area contributed by atoms with E-state index in [9.17, 15) is 19.2 Å². The van der Waals surface area contributed by atoms with E-state index in [-0.39, 0.29) is 18.4 Å². The van der Waals surface area contributed by atoms with Gasteiger partial charge in [0.25, 0.3) is 5.91 Å². The van der Waals surface area contributed by atoms with Gasteiger partial charge < -0.3 is 29.7 Å². The highest BCUT2D eigenvalue weighted by Crippen LogP contribution is 2.27. The first-order valence-electron chi connectivity index (χ1n) is 10.3. The zero-order valence-corrected chi connectivity index (χ0v) is 17.9. The molecule has 2 fully saturated rings. The van der Waals surface area contributed by atoms with E-state index in [1.165, 1.54) is 16.9 Å². The number of likely N-dealkylation sites (tertiary alicyclic amines) is 2. The zero-order valence-electron chi connectivity index (χ0n) is 17.9. The normalized spacial score (nSPS) is 22.8. The third-order valence-corrected chi connectivity index (χ3v) is 5.81. The summed E-state index contributed by atoms with van der Waals surface area (Å²) in [6.45, 7) is 4.55. The average Bonchev–Trinajstić information content (AvgIpc) is 3.50. The van der Waals surface area contributed by atoms with Crippen LogP contribution in [0.4, 0.5) is 4.79 Å². The molecule has 3 atom stereocenters. The van der Waals surface area contributed by atoms with E-state index < -0.39 is 30.1 Å². The fraction of sp³-hybridized carbons (Fsp3) is 0.524. The maximum Gasteiger partial charge on any atom is 0.328 e. The molecular weight excluding hydrogens is 402 g/mol. The summed E-state index contributed by atoms with van der Waals surface area (Å²) in [5.74, 6) is -1.13. The van der Waals surface area contributed by atoms with Gasteiger partial charge in [-0.1, -0.05) is 6.08 Å². The Labute approximate surface area is 181 Å². The van der Waals surface area contributed by atoms with Gasteiger partial charge in [0.1, 0.15) is 17.8 Å². The van der Waals surface area contributed by atoms with E-state index in [0.29, 0.717) is 38.0 Å².